The second-order valence-electron chi connectivity index (χ2n) is 17.2. The highest BCUT2D eigenvalue weighted by atomic mass is 16.6. The van der Waals surface area contributed by atoms with Crippen LogP contribution in [0.2, 0.25) is 0 Å². The van der Waals surface area contributed by atoms with E-state index in [-0.39, 0.29) is 24.1 Å². The molecule has 0 spiro atoms. The zero-order valence-electron chi connectivity index (χ0n) is 40.5. The molecule has 3 atom stereocenters. The Morgan fingerprint density at radius 2 is 1.03 bits per heavy atom. The minimum atomic E-state index is -0.450. The first-order valence-electron chi connectivity index (χ1n) is 24.6. The molecular weight excluding hydrogens is 821 g/mol. The molecule has 0 aliphatic heterocycles. The highest BCUT2D eigenvalue weighted by Crippen LogP contribution is 2.24. The number of hydrogen-bond donors (Lipinski definition) is 1. The highest BCUT2D eigenvalue weighted by molar-refractivity contribution is 5.88. The van der Waals surface area contributed by atoms with Crippen molar-refractivity contribution in [3.05, 3.63) is 90.0 Å². The van der Waals surface area contributed by atoms with Crippen molar-refractivity contribution in [2.45, 2.75) is 156 Å². The molecule has 0 amide bonds. The summed E-state index contributed by atoms with van der Waals surface area (Å²) in [5.74, 6) is 0.377. The number of fused-ring (bicyclic) bond motifs is 2. The molecule has 0 bridgehead atoms. The van der Waals surface area contributed by atoms with Crippen molar-refractivity contribution in [3.63, 3.8) is 0 Å². The van der Waals surface area contributed by atoms with E-state index in [0.29, 0.717) is 65.9 Å². The number of aliphatic hydroxyl groups excluding tert-OH is 1. The first-order chi connectivity index (χ1) is 31.7. The number of aliphatic hydroxyl groups is 1. The van der Waals surface area contributed by atoms with Crippen molar-refractivity contribution in [3.8, 4) is 5.75 Å². The number of unbranched alkanes of at least 4 members (excludes halogenated alkanes) is 12. The van der Waals surface area contributed by atoms with Crippen LogP contribution in [0, 0.1) is 0 Å². The van der Waals surface area contributed by atoms with Crippen molar-refractivity contribution >= 4 is 33.5 Å². The Labute approximate surface area is 391 Å². The van der Waals surface area contributed by atoms with Crippen LogP contribution in [-0.2, 0) is 50.9 Å². The van der Waals surface area contributed by atoms with Crippen LogP contribution >= 0.6 is 0 Å². The fourth-order valence-electron chi connectivity index (χ4n) is 7.58. The fraction of sp³-hybridized carbons (Fsp3) is 0.600. The molecule has 362 valence electrons. The Morgan fingerprint density at radius 3 is 1.58 bits per heavy atom. The van der Waals surface area contributed by atoms with Crippen LogP contribution in [0.5, 0.6) is 5.75 Å². The van der Waals surface area contributed by atoms with Crippen LogP contribution in [0.25, 0.3) is 21.5 Å². The molecule has 0 saturated carbocycles. The minimum Gasteiger partial charge on any atom is -0.490 e. The largest absolute Gasteiger partial charge is 0.490 e. The molecule has 0 heterocycles. The highest BCUT2D eigenvalue weighted by Gasteiger charge is 2.11. The maximum atomic E-state index is 12.2. The van der Waals surface area contributed by atoms with E-state index in [0.717, 1.165) is 36.8 Å². The molecule has 4 aromatic rings. The molecule has 10 heteroatoms. The normalized spacial score (nSPS) is 12.6. The van der Waals surface area contributed by atoms with Crippen LogP contribution in [0.4, 0.5) is 0 Å². The summed E-state index contributed by atoms with van der Waals surface area (Å²) in [7, 11) is 0. The predicted molar refractivity (Wildman–Crippen MR) is 263 cm³/mol. The summed E-state index contributed by atoms with van der Waals surface area (Å²) in [4.78, 5) is 22.9. The van der Waals surface area contributed by atoms with E-state index in [1.165, 1.54) is 105 Å². The molecule has 0 radical (unpaired) electrons. The second-order valence-corrected chi connectivity index (χ2v) is 17.2. The van der Waals surface area contributed by atoms with Gasteiger partial charge in [0.15, 0.2) is 0 Å². The number of rotatable bonds is 35. The van der Waals surface area contributed by atoms with Gasteiger partial charge in [0.05, 0.1) is 59.0 Å². The zero-order chi connectivity index (χ0) is 46.7. The van der Waals surface area contributed by atoms with Gasteiger partial charge in [-0.2, -0.15) is 0 Å². The van der Waals surface area contributed by atoms with Crippen molar-refractivity contribution in [2.24, 2.45) is 0 Å². The summed E-state index contributed by atoms with van der Waals surface area (Å²) < 4.78 is 38.8. The molecule has 10 nitrogen and oxygen atoms in total. The maximum absolute atomic E-state index is 12.2. The number of carbonyl (C=O) groups is 2. The average molecular weight is 903 g/mol. The summed E-state index contributed by atoms with van der Waals surface area (Å²) in [6, 6.07) is 26.9. The van der Waals surface area contributed by atoms with Crippen molar-refractivity contribution in [1.29, 1.82) is 0 Å². The van der Waals surface area contributed by atoms with Crippen molar-refractivity contribution in [2.75, 3.05) is 59.5 Å². The zero-order valence-corrected chi connectivity index (χ0v) is 40.5. The van der Waals surface area contributed by atoms with E-state index in [2.05, 4.69) is 49.4 Å². The third-order valence-corrected chi connectivity index (χ3v) is 11.0. The van der Waals surface area contributed by atoms with Gasteiger partial charge in [-0.25, -0.2) is 0 Å². The number of hydrogen-bond acceptors (Lipinski definition) is 10. The fourth-order valence-corrected chi connectivity index (χ4v) is 7.58. The van der Waals surface area contributed by atoms with Crippen molar-refractivity contribution < 1.29 is 47.9 Å². The van der Waals surface area contributed by atoms with Crippen molar-refractivity contribution in [1.82, 2.24) is 0 Å². The minimum absolute atomic E-state index is 0.121. The molecule has 0 aromatic heterocycles. The summed E-state index contributed by atoms with van der Waals surface area (Å²) in [6.45, 7) is 13.4. The Hall–Kier alpha value is -4.06. The number of esters is 2. The molecule has 4 aromatic carbocycles. The molecular formula is C55H82O10. The Kier molecular flexibility index (Phi) is 29.9. The summed E-state index contributed by atoms with van der Waals surface area (Å²) in [6.07, 6.45) is 18.1. The van der Waals surface area contributed by atoms with E-state index in [9.17, 15) is 14.7 Å². The number of ether oxygens (including phenoxy) is 7. The summed E-state index contributed by atoms with van der Waals surface area (Å²) in [5, 5.41) is 14.1. The van der Waals surface area contributed by atoms with Gasteiger partial charge in [-0.05, 0) is 84.8 Å². The first-order valence-corrected chi connectivity index (χ1v) is 24.6. The molecule has 0 saturated heterocycles. The smallest absolute Gasteiger partial charge is 0.306 e. The average Bonchev–Trinajstić information content (AvgIpc) is 3.29. The monoisotopic (exact) mass is 903 g/mol. The van der Waals surface area contributed by atoms with E-state index in [1.54, 1.807) is 6.92 Å². The Balaban J connectivity index is 0.000000514. The standard InChI is InChI=1S/C40H66O7.C15H16O3/c1-4-5-6-7-8-9-10-11-12-13-14-15-16-23-40(42)47-35(3)33-46-31-29-44-27-25-37-20-18-21-38-36(19-17-22-39(37)38)24-26-43-28-30-45-32-34(2)41;1-11(18-12(2)16)10-17-15-8-7-13-5-3-4-6-14(13)9-15/h17-22,34-35,41H,4-16,23-33H2,1-3H3;3-9,11H,10H2,1-2H3. The number of benzene rings is 4. The maximum Gasteiger partial charge on any atom is 0.306 e. The molecule has 65 heavy (non-hydrogen) atoms. The van der Waals surface area contributed by atoms with Crippen LogP contribution in [-0.4, -0.2) is 94.8 Å². The third-order valence-electron chi connectivity index (χ3n) is 11.0. The SMILES string of the molecule is CC(=O)OC(C)COc1ccc2ccccc2c1.CCCCCCCCCCCCCCCC(=O)OC(C)COCCOCCc1cccc2c(CCOCCOCC(C)O)cccc12. The van der Waals surface area contributed by atoms with E-state index < -0.39 is 6.10 Å². The molecule has 0 fully saturated rings. The van der Waals surface area contributed by atoms with E-state index in [1.807, 2.05) is 50.2 Å². The summed E-state index contributed by atoms with van der Waals surface area (Å²) in [5.41, 5.74) is 2.53. The lowest BCUT2D eigenvalue weighted by Crippen LogP contribution is -2.21. The van der Waals surface area contributed by atoms with Crippen LogP contribution in [0.1, 0.15) is 136 Å². The lowest BCUT2D eigenvalue weighted by Gasteiger charge is -2.14. The van der Waals surface area contributed by atoms with Gasteiger partial charge in [0, 0.05) is 13.3 Å². The second kappa shape index (κ2) is 35.2. The number of carbonyl (C=O) groups excluding carboxylic acids is 2. The van der Waals surface area contributed by atoms with Crippen LogP contribution in [0.15, 0.2) is 78.9 Å². The van der Waals surface area contributed by atoms with Gasteiger partial charge in [-0.1, -0.05) is 151 Å². The summed E-state index contributed by atoms with van der Waals surface area (Å²) >= 11 is 0. The quantitative estimate of drug-likeness (QED) is 0.0353. The third kappa shape index (κ3) is 26.0. The molecule has 4 rings (SSSR count). The predicted octanol–water partition coefficient (Wildman–Crippen LogP) is 12.0. The van der Waals surface area contributed by atoms with Gasteiger partial charge in [-0.15, -0.1) is 0 Å². The van der Waals surface area contributed by atoms with Crippen LogP contribution < -0.4 is 4.74 Å². The first kappa shape index (κ1) is 55.3. The van der Waals surface area contributed by atoms with Gasteiger partial charge in [0.25, 0.3) is 0 Å². The Morgan fingerprint density at radius 1 is 0.523 bits per heavy atom. The van der Waals surface area contributed by atoms with Crippen LogP contribution in [0.3, 0.4) is 0 Å². The van der Waals surface area contributed by atoms with Gasteiger partial charge >= 0.3 is 11.9 Å². The van der Waals surface area contributed by atoms with E-state index in [4.69, 9.17) is 33.2 Å². The van der Waals surface area contributed by atoms with Gasteiger partial charge in [-0.3, -0.25) is 9.59 Å². The molecule has 0 aliphatic carbocycles. The lowest BCUT2D eigenvalue weighted by molar-refractivity contribution is -0.151. The van der Waals surface area contributed by atoms with Gasteiger partial charge < -0.3 is 38.3 Å². The van der Waals surface area contributed by atoms with E-state index >= 15 is 0 Å². The lowest BCUT2D eigenvalue weighted by atomic mass is 9.97. The Bertz CT molecular complexity index is 1840. The molecule has 3 unspecified atom stereocenters. The van der Waals surface area contributed by atoms with Gasteiger partial charge in [0.1, 0.15) is 24.6 Å². The molecule has 0 aliphatic rings. The van der Waals surface area contributed by atoms with Gasteiger partial charge in [0.2, 0.25) is 0 Å². The molecule has 1 N–H and O–H groups in total. The topological polar surface area (TPSA) is 119 Å².